The van der Waals surface area contributed by atoms with Crippen LogP contribution in [0, 0.1) is 0 Å². The number of nitrogens with zero attached hydrogens (tertiary/aromatic N) is 2. The third-order valence-electron chi connectivity index (χ3n) is 4.60. The molecule has 0 aromatic heterocycles. The average molecular weight is 347 g/mol. The van der Waals surface area contributed by atoms with Crippen LogP contribution in [-0.2, 0) is 18.0 Å². The average Bonchev–Trinajstić information content (AvgIpc) is 2.50. The van der Waals surface area contributed by atoms with E-state index in [1.807, 2.05) is 6.92 Å². The van der Waals surface area contributed by atoms with Crippen LogP contribution in [0.15, 0.2) is 0 Å². The van der Waals surface area contributed by atoms with Gasteiger partial charge >= 0.3 is 8.80 Å². The second-order valence-electron chi connectivity index (χ2n) is 6.21. The first-order valence-corrected chi connectivity index (χ1v) is 11.1. The van der Waals surface area contributed by atoms with Crippen molar-refractivity contribution in [3.05, 3.63) is 0 Å². The van der Waals surface area contributed by atoms with Gasteiger partial charge in [0.25, 0.3) is 0 Å². The lowest BCUT2D eigenvalue weighted by Crippen LogP contribution is -2.56. The lowest BCUT2D eigenvalue weighted by Gasteiger charge is -2.40. The van der Waals surface area contributed by atoms with Gasteiger partial charge in [-0.05, 0) is 26.4 Å². The number of ether oxygens (including phenoxy) is 1. The van der Waals surface area contributed by atoms with Crippen LogP contribution in [0.2, 0.25) is 6.04 Å². The fourth-order valence-electron chi connectivity index (χ4n) is 3.25. The van der Waals surface area contributed by atoms with E-state index in [1.165, 1.54) is 0 Å². The number of rotatable bonds is 7. The van der Waals surface area contributed by atoms with E-state index in [-0.39, 0.29) is 6.10 Å². The number of likely N-dealkylation sites (N-methyl/N-ethyl adjacent to an activating group) is 1. The van der Waals surface area contributed by atoms with Crippen molar-refractivity contribution in [2.45, 2.75) is 39.3 Å². The van der Waals surface area contributed by atoms with Gasteiger partial charge in [0, 0.05) is 45.4 Å². The van der Waals surface area contributed by atoms with E-state index in [0.29, 0.717) is 19.8 Å². The topological polar surface area (TPSA) is 43.4 Å². The first kappa shape index (κ1) is 19.3. The molecule has 23 heavy (non-hydrogen) atoms. The third kappa shape index (κ3) is 6.08. The fraction of sp³-hybridized carbons (Fsp3) is 1.00. The van der Waals surface area contributed by atoms with Crippen LogP contribution in [0.5, 0.6) is 0 Å². The molecule has 0 aliphatic carbocycles. The van der Waals surface area contributed by atoms with Crippen molar-refractivity contribution in [2.24, 2.45) is 0 Å². The lowest BCUT2D eigenvalue weighted by atomic mass is 10.3. The molecule has 0 N–H and O–H groups in total. The molecule has 2 saturated heterocycles. The molecule has 136 valence electrons. The highest BCUT2D eigenvalue weighted by Gasteiger charge is 2.45. The Morgan fingerprint density at radius 1 is 1.22 bits per heavy atom. The zero-order valence-corrected chi connectivity index (χ0v) is 16.1. The Hall–Kier alpha value is -0.0231. The Kier molecular flexibility index (Phi) is 8.46. The summed E-state index contributed by atoms with van der Waals surface area (Å²) in [5.74, 6) is 0. The second-order valence-corrected chi connectivity index (χ2v) is 8.89. The zero-order chi connectivity index (χ0) is 16.5. The highest BCUT2D eigenvalue weighted by molar-refractivity contribution is 6.60. The third-order valence-corrected chi connectivity index (χ3v) is 7.63. The van der Waals surface area contributed by atoms with Gasteiger partial charge in [-0.1, -0.05) is 13.8 Å². The second kappa shape index (κ2) is 10.1. The first-order chi connectivity index (χ1) is 11.2. The molecule has 6 nitrogen and oxygen atoms in total. The van der Waals surface area contributed by atoms with Gasteiger partial charge in [-0.3, -0.25) is 4.90 Å². The van der Waals surface area contributed by atoms with Crippen LogP contribution in [0.4, 0.5) is 0 Å². The van der Waals surface area contributed by atoms with Gasteiger partial charge in [0.1, 0.15) is 0 Å². The molecule has 2 atom stereocenters. The minimum atomic E-state index is -2.50. The largest absolute Gasteiger partial charge is 0.501 e. The molecule has 0 saturated carbocycles. The van der Waals surface area contributed by atoms with Crippen LogP contribution >= 0.6 is 0 Å². The van der Waals surface area contributed by atoms with E-state index >= 15 is 0 Å². The molecule has 0 amide bonds. The lowest BCUT2D eigenvalue weighted by molar-refractivity contribution is -0.0548. The Morgan fingerprint density at radius 2 is 2.04 bits per heavy atom. The highest BCUT2D eigenvalue weighted by Crippen LogP contribution is 2.24. The summed E-state index contributed by atoms with van der Waals surface area (Å²) in [5.41, 5.74) is 0. The van der Waals surface area contributed by atoms with E-state index in [4.69, 9.17) is 18.0 Å². The molecule has 0 aromatic rings. The van der Waals surface area contributed by atoms with Crippen molar-refractivity contribution in [1.29, 1.82) is 0 Å². The van der Waals surface area contributed by atoms with Crippen molar-refractivity contribution in [3.63, 3.8) is 0 Å². The van der Waals surface area contributed by atoms with Crippen LogP contribution in [0.3, 0.4) is 0 Å². The van der Waals surface area contributed by atoms with Gasteiger partial charge in [0.05, 0.1) is 19.3 Å². The summed E-state index contributed by atoms with van der Waals surface area (Å²) in [6.07, 6.45) is 1.02. The molecule has 2 aliphatic rings. The van der Waals surface area contributed by atoms with Gasteiger partial charge in [-0.2, -0.15) is 0 Å². The predicted molar refractivity (Wildman–Crippen MR) is 92.7 cm³/mol. The maximum absolute atomic E-state index is 6.36. The molecule has 2 fully saturated rings. The molecule has 0 aromatic carbocycles. The van der Waals surface area contributed by atoms with Crippen molar-refractivity contribution >= 4 is 8.80 Å². The summed E-state index contributed by atoms with van der Waals surface area (Å²) in [7, 11) is -2.50. The molecule has 7 heteroatoms. The van der Waals surface area contributed by atoms with Crippen molar-refractivity contribution < 1.29 is 18.0 Å². The van der Waals surface area contributed by atoms with Gasteiger partial charge in [0.2, 0.25) is 0 Å². The Labute approximate surface area is 142 Å². The maximum atomic E-state index is 6.36. The monoisotopic (exact) mass is 346 g/mol. The summed E-state index contributed by atoms with van der Waals surface area (Å²) in [5, 5.41) is 0. The Bertz CT molecular complexity index is 333. The van der Waals surface area contributed by atoms with Crippen molar-refractivity contribution in [2.75, 3.05) is 65.7 Å². The van der Waals surface area contributed by atoms with Crippen LogP contribution < -0.4 is 0 Å². The van der Waals surface area contributed by atoms with Crippen LogP contribution in [-0.4, -0.2) is 90.4 Å². The SMILES string of the molecule is CCO[Si]12CCCOCC(CN(CCN(CC)CC)CCO1)O2. The normalized spacial score (nSPS) is 30.5. The predicted octanol–water partition coefficient (Wildman–Crippen LogP) is 1.44. The number of hydrogen-bond donors (Lipinski definition) is 0. The van der Waals surface area contributed by atoms with Crippen molar-refractivity contribution in [1.82, 2.24) is 9.80 Å². The molecule has 0 spiro atoms. The Morgan fingerprint density at radius 3 is 2.78 bits per heavy atom. The van der Waals surface area contributed by atoms with E-state index < -0.39 is 8.80 Å². The van der Waals surface area contributed by atoms with Crippen LogP contribution in [0.1, 0.15) is 27.2 Å². The van der Waals surface area contributed by atoms with E-state index in [9.17, 15) is 0 Å². The minimum absolute atomic E-state index is 0.0607. The number of fused-ring (bicyclic) bond motifs is 2. The maximum Gasteiger partial charge on any atom is 0.501 e. The van der Waals surface area contributed by atoms with Gasteiger partial charge < -0.3 is 22.9 Å². The molecule has 2 bridgehead atoms. The van der Waals surface area contributed by atoms with Gasteiger partial charge in [-0.15, -0.1) is 0 Å². The summed E-state index contributed by atoms with van der Waals surface area (Å²) < 4.78 is 24.3. The molecule has 2 heterocycles. The molecule has 2 aliphatic heterocycles. The van der Waals surface area contributed by atoms with Crippen LogP contribution in [0.25, 0.3) is 0 Å². The van der Waals surface area contributed by atoms with Gasteiger partial charge in [0.15, 0.2) is 0 Å². The van der Waals surface area contributed by atoms with Crippen molar-refractivity contribution in [3.8, 4) is 0 Å². The molecular formula is C16H34N2O4Si. The summed E-state index contributed by atoms with van der Waals surface area (Å²) in [4.78, 5) is 4.90. The zero-order valence-electron chi connectivity index (χ0n) is 15.1. The summed E-state index contributed by atoms with van der Waals surface area (Å²) in [6, 6.07) is 0.872. The highest BCUT2D eigenvalue weighted by atomic mass is 28.4. The Balaban J connectivity index is 1.94. The standard InChI is InChI=1S/C16H34N2O4Si/c1-4-17(5-2)8-9-18-10-12-21-23(20-6-3)13-7-11-19-15-16(14-18)22-23/h16H,4-15H2,1-3H3. The van der Waals surface area contributed by atoms with Gasteiger partial charge in [-0.25, -0.2) is 0 Å². The minimum Gasteiger partial charge on any atom is -0.379 e. The molecule has 2 unspecified atom stereocenters. The van der Waals surface area contributed by atoms with E-state index in [0.717, 1.165) is 58.3 Å². The number of hydrogen-bond acceptors (Lipinski definition) is 6. The first-order valence-electron chi connectivity index (χ1n) is 9.19. The quantitative estimate of drug-likeness (QED) is 0.650. The summed E-state index contributed by atoms with van der Waals surface area (Å²) >= 11 is 0. The summed E-state index contributed by atoms with van der Waals surface area (Å²) in [6.45, 7) is 15.4. The molecular weight excluding hydrogens is 312 g/mol. The smallest absolute Gasteiger partial charge is 0.379 e. The molecule has 0 radical (unpaired) electrons. The molecule has 2 rings (SSSR count). The van der Waals surface area contributed by atoms with E-state index in [2.05, 4.69) is 23.6 Å². The fourth-order valence-corrected chi connectivity index (χ4v) is 5.95. The van der Waals surface area contributed by atoms with E-state index in [1.54, 1.807) is 0 Å².